The topological polar surface area (TPSA) is 56.3 Å². The molecule has 0 aliphatic carbocycles. The average Bonchev–Trinajstić information content (AvgIpc) is 2.79. The largest absolute Gasteiger partial charge is 0.495 e. The predicted molar refractivity (Wildman–Crippen MR) is 135 cm³/mol. The first-order valence-corrected chi connectivity index (χ1v) is 12.9. The maximum absolute atomic E-state index is 14.4. The molecule has 0 saturated heterocycles. The Kier molecular flexibility index (Phi) is 6.87. The molecule has 0 spiro atoms. The van der Waals surface area contributed by atoms with Gasteiger partial charge >= 0.3 is 0 Å². The number of hydrogen-bond donors (Lipinski definition) is 0. The quantitative estimate of drug-likeness (QED) is 0.264. The van der Waals surface area contributed by atoms with Gasteiger partial charge in [-0.15, -0.1) is 0 Å². The Morgan fingerprint density at radius 1 is 0.853 bits per heavy atom. The van der Waals surface area contributed by atoms with Crippen molar-refractivity contribution in [2.24, 2.45) is 0 Å². The molecule has 0 radical (unpaired) electrons. The Bertz CT molecular complexity index is 1510. The summed E-state index contributed by atoms with van der Waals surface area (Å²) in [6, 6.07) is 15.8. The number of rotatable bonds is 5. The van der Waals surface area contributed by atoms with Crippen LogP contribution in [0.25, 0.3) is 33.5 Å². The van der Waals surface area contributed by atoms with Gasteiger partial charge in [-0.3, -0.25) is 4.98 Å². The summed E-state index contributed by atoms with van der Waals surface area (Å²) in [6.07, 6.45) is 2.57. The van der Waals surface area contributed by atoms with Gasteiger partial charge < -0.3 is 4.74 Å². The van der Waals surface area contributed by atoms with E-state index in [4.69, 9.17) is 39.5 Å². The zero-order chi connectivity index (χ0) is 24.6. The van der Waals surface area contributed by atoms with Crippen LogP contribution in [0.1, 0.15) is 0 Å². The third kappa shape index (κ3) is 4.77. The molecule has 0 aliphatic heterocycles. The predicted octanol–water partition coefficient (Wildman–Crippen LogP) is 7.59. The Labute approximate surface area is 211 Å². The highest BCUT2D eigenvalue weighted by Gasteiger charge is 2.27. The molecule has 1 heterocycles. The number of halogens is 4. The summed E-state index contributed by atoms with van der Waals surface area (Å²) in [5.74, 6) is -0.396. The van der Waals surface area contributed by atoms with Crippen LogP contribution in [0.3, 0.4) is 0 Å². The molecule has 4 nitrogen and oxygen atoms in total. The number of hydrogen-bond acceptors (Lipinski definition) is 4. The van der Waals surface area contributed by atoms with E-state index in [2.05, 4.69) is 4.98 Å². The normalized spacial score (nSPS) is 11.5. The highest BCUT2D eigenvalue weighted by Crippen LogP contribution is 2.48. The Morgan fingerprint density at radius 3 is 2.12 bits per heavy atom. The zero-order valence-electron chi connectivity index (χ0n) is 17.9. The van der Waals surface area contributed by atoms with Gasteiger partial charge in [0.05, 0.1) is 28.3 Å². The van der Waals surface area contributed by atoms with Gasteiger partial charge in [-0.05, 0) is 59.2 Å². The van der Waals surface area contributed by atoms with Crippen molar-refractivity contribution in [2.75, 3.05) is 13.4 Å². The number of pyridine rings is 1. The maximum atomic E-state index is 14.4. The fraction of sp³-hybridized carbons (Fsp3) is 0.0800. The molecular weight excluding hydrogens is 520 g/mol. The third-order valence-electron chi connectivity index (χ3n) is 5.19. The molecule has 0 bridgehead atoms. The van der Waals surface area contributed by atoms with Crippen LogP contribution in [0.2, 0.25) is 15.1 Å². The monoisotopic (exact) mass is 535 g/mol. The lowest BCUT2D eigenvalue weighted by atomic mass is 9.90. The van der Waals surface area contributed by atoms with Crippen molar-refractivity contribution in [1.82, 2.24) is 4.98 Å². The van der Waals surface area contributed by atoms with E-state index in [-0.39, 0.29) is 21.2 Å². The van der Waals surface area contributed by atoms with E-state index in [1.807, 2.05) is 0 Å². The van der Waals surface area contributed by atoms with Crippen LogP contribution in [-0.2, 0) is 9.84 Å². The summed E-state index contributed by atoms with van der Waals surface area (Å²) < 4.78 is 46.1. The molecular formula is C25H17Cl3FNO3S. The lowest BCUT2D eigenvalue weighted by molar-refractivity contribution is 0.417. The van der Waals surface area contributed by atoms with Crippen LogP contribution < -0.4 is 4.74 Å². The van der Waals surface area contributed by atoms with Crippen molar-refractivity contribution < 1.29 is 17.5 Å². The molecule has 3 aromatic carbocycles. The lowest BCUT2D eigenvalue weighted by Gasteiger charge is -2.21. The van der Waals surface area contributed by atoms with Crippen LogP contribution >= 0.6 is 34.8 Å². The summed E-state index contributed by atoms with van der Waals surface area (Å²) in [7, 11) is -2.35. The van der Waals surface area contributed by atoms with Gasteiger partial charge in [0.15, 0.2) is 9.84 Å². The Morgan fingerprint density at radius 2 is 1.53 bits per heavy atom. The minimum absolute atomic E-state index is 0.0396. The minimum atomic E-state index is -3.79. The maximum Gasteiger partial charge on any atom is 0.176 e. The fourth-order valence-electron chi connectivity index (χ4n) is 3.71. The van der Waals surface area contributed by atoms with E-state index in [9.17, 15) is 12.8 Å². The van der Waals surface area contributed by atoms with E-state index in [0.29, 0.717) is 38.0 Å². The Hall–Kier alpha value is -2.64. The summed E-state index contributed by atoms with van der Waals surface area (Å²) >= 11 is 18.2. The van der Waals surface area contributed by atoms with E-state index >= 15 is 0 Å². The molecule has 0 N–H and O–H groups in total. The molecule has 0 aliphatic rings. The van der Waals surface area contributed by atoms with Crippen LogP contribution in [-0.4, -0.2) is 26.8 Å². The second-order valence-corrected chi connectivity index (χ2v) is 10.7. The second-order valence-electron chi connectivity index (χ2n) is 7.47. The van der Waals surface area contributed by atoms with E-state index in [1.54, 1.807) is 42.5 Å². The molecule has 0 unspecified atom stereocenters. The second kappa shape index (κ2) is 9.55. The number of ether oxygens (including phenoxy) is 1. The highest BCUT2D eigenvalue weighted by molar-refractivity contribution is 7.90. The smallest absolute Gasteiger partial charge is 0.176 e. The van der Waals surface area contributed by atoms with Crippen molar-refractivity contribution in [3.8, 4) is 39.3 Å². The summed E-state index contributed by atoms with van der Waals surface area (Å²) in [5.41, 5.74) is 2.62. The molecule has 4 rings (SSSR count). The molecule has 1 aromatic heterocycles. The average molecular weight is 537 g/mol. The van der Waals surface area contributed by atoms with Crippen LogP contribution in [0.15, 0.2) is 71.8 Å². The number of aromatic nitrogens is 1. The minimum Gasteiger partial charge on any atom is -0.495 e. The molecule has 4 aromatic rings. The van der Waals surface area contributed by atoms with Gasteiger partial charge in [0.25, 0.3) is 0 Å². The van der Waals surface area contributed by atoms with Crippen molar-refractivity contribution in [3.63, 3.8) is 0 Å². The van der Waals surface area contributed by atoms with Gasteiger partial charge in [-0.2, -0.15) is 0 Å². The highest BCUT2D eigenvalue weighted by atomic mass is 35.5. The van der Waals surface area contributed by atoms with Gasteiger partial charge in [-0.25, -0.2) is 12.8 Å². The van der Waals surface area contributed by atoms with Crippen molar-refractivity contribution in [2.45, 2.75) is 4.90 Å². The number of methoxy groups -OCH3 is 1. The van der Waals surface area contributed by atoms with Crippen molar-refractivity contribution in [3.05, 3.63) is 87.7 Å². The molecule has 34 heavy (non-hydrogen) atoms. The molecule has 9 heteroatoms. The molecule has 0 saturated carbocycles. The van der Waals surface area contributed by atoms with Crippen molar-refractivity contribution in [1.29, 1.82) is 0 Å². The first-order valence-electron chi connectivity index (χ1n) is 9.88. The third-order valence-corrected chi connectivity index (χ3v) is 7.11. The number of sulfone groups is 1. The number of benzene rings is 3. The van der Waals surface area contributed by atoms with Gasteiger partial charge in [-0.1, -0.05) is 53.0 Å². The Balaban J connectivity index is 2.21. The van der Waals surface area contributed by atoms with Gasteiger partial charge in [0.1, 0.15) is 11.6 Å². The van der Waals surface area contributed by atoms with Crippen LogP contribution in [0.5, 0.6) is 5.75 Å². The van der Waals surface area contributed by atoms with E-state index < -0.39 is 15.7 Å². The SMILES string of the molecule is COc1c(-c2ccc(Cl)cc2)c(-c2ccc(Cl)c(F)c2)cc(S(C)(=O)=O)c1-c1cc(Cl)ccn1. The van der Waals surface area contributed by atoms with E-state index in [1.165, 1.54) is 31.5 Å². The molecule has 0 amide bonds. The van der Waals surface area contributed by atoms with Crippen LogP contribution in [0.4, 0.5) is 4.39 Å². The first-order chi connectivity index (χ1) is 16.1. The van der Waals surface area contributed by atoms with Crippen LogP contribution in [0, 0.1) is 5.82 Å². The standard InChI is InChI=1S/C25H17Cl3FNO3S/c1-33-25-23(14-3-6-16(26)7-4-14)18(15-5-8-19(28)20(29)11-15)13-22(34(2,31)32)24(25)21-12-17(27)9-10-30-21/h3-13H,1-2H3. The first kappa shape index (κ1) is 24.5. The molecule has 174 valence electrons. The zero-order valence-corrected chi connectivity index (χ0v) is 21.0. The number of nitrogens with zero attached hydrogens (tertiary/aromatic N) is 1. The molecule has 0 fully saturated rings. The van der Waals surface area contributed by atoms with E-state index in [0.717, 1.165) is 6.26 Å². The lowest BCUT2D eigenvalue weighted by Crippen LogP contribution is -2.06. The summed E-state index contributed by atoms with van der Waals surface area (Å²) in [4.78, 5) is 4.30. The van der Waals surface area contributed by atoms with Crippen molar-refractivity contribution >= 4 is 44.6 Å². The summed E-state index contributed by atoms with van der Waals surface area (Å²) in [5, 5.41) is 0.849. The van der Waals surface area contributed by atoms with Gasteiger partial charge in [0, 0.05) is 28.1 Å². The molecule has 0 atom stereocenters. The van der Waals surface area contributed by atoms with Gasteiger partial charge in [0.2, 0.25) is 0 Å². The fourth-order valence-corrected chi connectivity index (χ4v) is 5.01. The summed E-state index contributed by atoms with van der Waals surface area (Å²) in [6.45, 7) is 0.